The zero-order chi connectivity index (χ0) is 12.3. The fourth-order valence-electron chi connectivity index (χ4n) is 2.14. The van der Waals surface area contributed by atoms with Crippen LogP contribution in [0.25, 0.3) is 16.7 Å². The van der Waals surface area contributed by atoms with Crippen LogP contribution >= 0.6 is 0 Å². The van der Waals surface area contributed by atoms with Gasteiger partial charge < -0.3 is 4.98 Å². The first-order valence-electron chi connectivity index (χ1n) is 6.17. The van der Waals surface area contributed by atoms with Crippen LogP contribution in [0.4, 0.5) is 0 Å². The van der Waals surface area contributed by atoms with E-state index in [1.165, 1.54) is 0 Å². The number of hydrogen-bond acceptors (Lipinski definition) is 1. The minimum Gasteiger partial charge on any atom is -0.305 e. The fourth-order valence-corrected chi connectivity index (χ4v) is 2.14. The van der Waals surface area contributed by atoms with Crippen LogP contribution in [-0.2, 0) is 0 Å². The molecule has 1 aromatic heterocycles. The molecule has 0 aliphatic carbocycles. The number of H-pyrrole nitrogens is 1. The zero-order valence-electron chi connectivity index (χ0n) is 10.4. The summed E-state index contributed by atoms with van der Waals surface area (Å²) in [6.45, 7) is 4.22. The number of benzene rings is 1. The fraction of sp³-hybridized carbons (Fsp3) is 0.357. The summed E-state index contributed by atoms with van der Waals surface area (Å²) in [5.41, 5.74) is 2.91. The maximum absolute atomic E-state index is 12.0. The Labute approximate surface area is 101 Å². The first-order chi connectivity index (χ1) is 8.27. The highest BCUT2D eigenvalue weighted by Crippen LogP contribution is 2.17. The maximum Gasteiger partial charge on any atom is 0.330 e. The number of aromatic nitrogens is 2. The van der Waals surface area contributed by atoms with Crippen LogP contribution in [0, 0.1) is 0 Å². The van der Waals surface area contributed by atoms with Crippen LogP contribution < -0.4 is 5.69 Å². The molecule has 90 valence electrons. The van der Waals surface area contributed by atoms with E-state index in [0.29, 0.717) is 0 Å². The third-order valence-electron chi connectivity index (χ3n) is 2.82. The number of para-hydroxylation sites is 2. The second kappa shape index (κ2) is 5.04. The first kappa shape index (κ1) is 11.7. The molecule has 0 saturated heterocycles. The Morgan fingerprint density at radius 3 is 2.82 bits per heavy atom. The zero-order valence-corrected chi connectivity index (χ0v) is 10.4. The second-order valence-electron chi connectivity index (χ2n) is 4.14. The summed E-state index contributed by atoms with van der Waals surface area (Å²) in [5, 5.41) is 0. The van der Waals surface area contributed by atoms with Crippen molar-refractivity contribution in [2.75, 3.05) is 0 Å². The predicted molar refractivity (Wildman–Crippen MR) is 72.0 cm³/mol. The van der Waals surface area contributed by atoms with Gasteiger partial charge in [-0.25, -0.2) is 4.79 Å². The number of hydrogen-bond donors (Lipinski definition) is 1. The lowest BCUT2D eigenvalue weighted by Crippen LogP contribution is -2.16. The number of allylic oxidation sites excluding steroid dienone is 2. The standard InChI is InChI=1S/C14H18N2O/c1-3-7-11(8-4-2)16-13-10-6-5-9-12(13)15-14(16)17/h5-7,9-10H,3-4,8H2,1-2H3,(H,15,17). The Bertz CT molecular complexity index is 590. The van der Waals surface area contributed by atoms with E-state index in [4.69, 9.17) is 0 Å². The van der Waals surface area contributed by atoms with Crippen LogP contribution in [0.15, 0.2) is 35.1 Å². The lowest BCUT2D eigenvalue weighted by atomic mass is 10.2. The van der Waals surface area contributed by atoms with E-state index in [1.54, 1.807) is 4.57 Å². The van der Waals surface area contributed by atoms with Gasteiger partial charge in [-0.1, -0.05) is 38.5 Å². The number of nitrogens with zero attached hydrogens (tertiary/aromatic N) is 1. The Morgan fingerprint density at radius 2 is 2.12 bits per heavy atom. The third kappa shape index (κ3) is 2.18. The van der Waals surface area contributed by atoms with Crippen molar-refractivity contribution in [3.8, 4) is 0 Å². The summed E-state index contributed by atoms with van der Waals surface area (Å²) >= 11 is 0. The van der Waals surface area contributed by atoms with Crippen molar-refractivity contribution >= 4 is 16.7 Å². The summed E-state index contributed by atoms with van der Waals surface area (Å²) in [7, 11) is 0. The molecule has 3 heteroatoms. The van der Waals surface area contributed by atoms with Crippen molar-refractivity contribution < 1.29 is 0 Å². The van der Waals surface area contributed by atoms with Crippen LogP contribution in [-0.4, -0.2) is 9.55 Å². The molecule has 0 fully saturated rings. The lowest BCUT2D eigenvalue weighted by molar-refractivity contribution is 0.885. The Balaban J connectivity index is 2.64. The molecule has 0 atom stereocenters. The van der Waals surface area contributed by atoms with Gasteiger partial charge in [0.25, 0.3) is 0 Å². The lowest BCUT2D eigenvalue weighted by Gasteiger charge is -2.07. The number of aromatic amines is 1. The van der Waals surface area contributed by atoms with E-state index < -0.39 is 0 Å². The van der Waals surface area contributed by atoms with Gasteiger partial charge >= 0.3 is 5.69 Å². The minimum atomic E-state index is -0.0423. The largest absolute Gasteiger partial charge is 0.330 e. The Kier molecular flexibility index (Phi) is 3.47. The molecular formula is C14H18N2O. The highest BCUT2D eigenvalue weighted by Gasteiger charge is 2.09. The van der Waals surface area contributed by atoms with E-state index in [2.05, 4.69) is 24.9 Å². The third-order valence-corrected chi connectivity index (χ3v) is 2.82. The van der Waals surface area contributed by atoms with Crippen molar-refractivity contribution in [2.24, 2.45) is 0 Å². The van der Waals surface area contributed by atoms with Gasteiger partial charge in [-0.15, -0.1) is 0 Å². The van der Waals surface area contributed by atoms with Gasteiger partial charge in [-0.2, -0.15) is 0 Å². The molecule has 17 heavy (non-hydrogen) atoms. The van der Waals surface area contributed by atoms with Crippen LogP contribution in [0.1, 0.15) is 33.1 Å². The van der Waals surface area contributed by atoms with Gasteiger partial charge in [0.1, 0.15) is 0 Å². The summed E-state index contributed by atoms with van der Waals surface area (Å²) in [6.07, 6.45) is 5.04. The number of fused-ring (bicyclic) bond motifs is 1. The average Bonchev–Trinajstić information content (AvgIpc) is 2.64. The van der Waals surface area contributed by atoms with Crippen molar-refractivity contribution in [3.05, 3.63) is 40.8 Å². The van der Waals surface area contributed by atoms with Crippen molar-refractivity contribution in [1.29, 1.82) is 0 Å². The minimum absolute atomic E-state index is 0.0423. The molecule has 0 amide bonds. The molecule has 0 bridgehead atoms. The molecule has 2 aromatic rings. The summed E-state index contributed by atoms with van der Waals surface area (Å²) in [4.78, 5) is 14.9. The smallest absolute Gasteiger partial charge is 0.305 e. The van der Waals surface area contributed by atoms with E-state index in [9.17, 15) is 4.79 Å². The van der Waals surface area contributed by atoms with Crippen LogP contribution in [0.3, 0.4) is 0 Å². The summed E-state index contributed by atoms with van der Waals surface area (Å²) in [6, 6.07) is 7.81. The number of rotatable bonds is 4. The average molecular weight is 230 g/mol. The van der Waals surface area contributed by atoms with Crippen molar-refractivity contribution in [2.45, 2.75) is 33.1 Å². The summed E-state index contributed by atoms with van der Waals surface area (Å²) in [5.74, 6) is 0. The van der Waals surface area contributed by atoms with E-state index in [0.717, 1.165) is 36.0 Å². The van der Waals surface area contributed by atoms with E-state index >= 15 is 0 Å². The Hall–Kier alpha value is -1.77. The SMILES string of the molecule is CCC=C(CCC)n1c(=O)[nH]c2ccccc21. The highest BCUT2D eigenvalue weighted by molar-refractivity contribution is 5.78. The molecule has 0 spiro atoms. The predicted octanol–water partition coefficient (Wildman–Crippen LogP) is 3.38. The Morgan fingerprint density at radius 1 is 1.35 bits per heavy atom. The van der Waals surface area contributed by atoms with Gasteiger partial charge in [-0.3, -0.25) is 4.57 Å². The van der Waals surface area contributed by atoms with Gasteiger partial charge in [-0.05, 0) is 25.0 Å². The molecule has 2 rings (SSSR count). The molecule has 1 N–H and O–H groups in total. The second-order valence-corrected chi connectivity index (χ2v) is 4.14. The molecule has 3 nitrogen and oxygen atoms in total. The van der Waals surface area contributed by atoms with Gasteiger partial charge in [0.05, 0.1) is 11.0 Å². The van der Waals surface area contributed by atoms with Crippen LogP contribution in [0.2, 0.25) is 0 Å². The molecule has 0 saturated carbocycles. The normalized spacial score (nSPS) is 12.2. The monoisotopic (exact) mass is 230 g/mol. The van der Waals surface area contributed by atoms with Crippen LogP contribution in [0.5, 0.6) is 0 Å². The molecule has 0 aliphatic rings. The highest BCUT2D eigenvalue weighted by atomic mass is 16.1. The molecule has 0 radical (unpaired) electrons. The molecule has 0 unspecified atom stereocenters. The number of nitrogens with one attached hydrogen (secondary N) is 1. The molecule has 0 aliphatic heterocycles. The topological polar surface area (TPSA) is 37.8 Å². The summed E-state index contributed by atoms with van der Waals surface area (Å²) < 4.78 is 1.79. The van der Waals surface area contributed by atoms with Crippen molar-refractivity contribution in [1.82, 2.24) is 9.55 Å². The van der Waals surface area contributed by atoms with E-state index in [1.807, 2.05) is 24.3 Å². The number of imidazole rings is 1. The maximum atomic E-state index is 12.0. The van der Waals surface area contributed by atoms with Gasteiger partial charge in [0.15, 0.2) is 0 Å². The van der Waals surface area contributed by atoms with E-state index in [-0.39, 0.29) is 5.69 Å². The van der Waals surface area contributed by atoms with Gasteiger partial charge in [0.2, 0.25) is 0 Å². The van der Waals surface area contributed by atoms with Gasteiger partial charge in [0, 0.05) is 5.70 Å². The quantitative estimate of drug-likeness (QED) is 0.859. The van der Waals surface area contributed by atoms with Crippen molar-refractivity contribution in [3.63, 3.8) is 0 Å². The molecule has 1 heterocycles. The molecule has 1 aromatic carbocycles. The first-order valence-corrected chi connectivity index (χ1v) is 6.17. The molecular weight excluding hydrogens is 212 g/mol.